The number of carbonyl (C=O) groups is 2. The summed E-state index contributed by atoms with van der Waals surface area (Å²) in [5, 5.41) is 2.97. The zero-order valence-electron chi connectivity index (χ0n) is 18.2. The van der Waals surface area contributed by atoms with Gasteiger partial charge in [-0.25, -0.2) is 4.79 Å². The lowest BCUT2D eigenvalue weighted by Gasteiger charge is -2.22. The molecule has 3 rings (SSSR count). The second kappa shape index (κ2) is 10.0. The van der Waals surface area contributed by atoms with Crippen LogP contribution in [0.2, 0.25) is 0 Å². The van der Waals surface area contributed by atoms with Crippen molar-refractivity contribution in [1.82, 2.24) is 0 Å². The number of carbonyl (C=O) groups excluding carboxylic acids is 2. The molecule has 1 N–H and O–H groups in total. The van der Waals surface area contributed by atoms with Crippen LogP contribution >= 0.6 is 0 Å². The molecule has 7 heteroatoms. The smallest absolute Gasteiger partial charge is 0.337 e. The fourth-order valence-corrected chi connectivity index (χ4v) is 3.79. The first-order valence-electron chi connectivity index (χ1n) is 10.2. The molecule has 2 aromatic carbocycles. The van der Waals surface area contributed by atoms with Gasteiger partial charge in [-0.05, 0) is 49.6 Å². The fraction of sp³-hybridized carbons (Fsp3) is 0.333. The van der Waals surface area contributed by atoms with E-state index < -0.39 is 5.97 Å². The van der Waals surface area contributed by atoms with E-state index in [9.17, 15) is 9.59 Å². The summed E-state index contributed by atoms with van der Waals surface area (Å²) in [7, 11) is 4.42. The van der Waals surface area contributed by atoms with E-state index in [0.717, 1.165) is 37.2 Å². The number of nitrogens with zero attached hydrogens (tertiary/aromatic N) is 1. The van der Waals surface area contributed by atoms with Crippen LogP contribution in [0.1, 0.15) is 39.1 Å². The van der Waals surface area contributed by atoms with E-state index in [4.69, 9.17) is 14.2 Å². The number of hydrogen-bond acceptors (Lipinski definition) is 6. The predicted molar refractivity (Wildman–Crippen MR) is 121 cm³/mol. The molecule has 31 heavy (non-hydrogen) atoms. The van der Waals surface area contributed by atoms with E-state index in [1.54, 1.807) is 37.5 Å². The molecule has 0 bridgehead atoms. The first-order chi connectivity index (χ1) is 15.0. The molecule has 1 aliphatic heterocycles. The highest BCUT2D eigenvalue weighted by atomic mass is 16.5. The van der Waals surface area contributed by atoms with Gasteiger partial charge in [-0.1, -0.05) is 6.08 Å². The molecule has 1 heterocycles. The van der Waals surface area contributed by atoms with E-state index in [0.29, 0.717) is 34.7 Å². The summed E-state index contributed by atoms with van der Waals surface area (Å²) in [6, 6.07) is 8.62. The Balaban J connectivity index is 1.99. The van der Waals surface area contributed by atoms with Crippen molar-refractivity contribution in [2.75, 3.05) is 44.6 Å². The summed E-state index contributed by atoms with van der Waals surface area (Å²) >= 11 is 0. The van der Waals surface area contributed by atoms with Gasteiger partial charge in [0.1, 0.15) is 0 Å². The van der Waals surface area contributed by atoms with E-state index in [-0.39, 0.29) is 5.91 Å². The fourth-order valence-electron chi connectivity index (χ4n) is 3.79. The van der Waals surface area contributed by atoms with Gasteiger partial charge >= 0.3 is 5.97 Å². The molecule has 7 nitrogen and oxygen atoms in total. The molecule has 0 radical (unpaired) electrons. The third-order valence-corrected chi connectivity index (χ3v) is 5.29. The van der Waals surface area contributed by atoms with Crippen molar-refractivity contribution in [2.45, 2.75) is 19.3 Å². The minimum absolute atomic E-state index is 0.311. The van der Waals surface area contributed by atoms with E-state index in [2.05, 4.69) is 16.8 Å². The maximum atomic E-state index is 13.2. The molecule has 164 valence electrons. The third-order valence-electron chi connectivity index (χ3n) is 5.29. The molecule has 0 atom stereocenters. The Bertz CT molecular complexity index is 980. The molecule has 1 fully saturated rings. The lowest BCUT2D eigenvalue weighted by molar-refractivity contribution is 0.0600. The van der Waals surface area contributed by atoms with Crippen LogP contribution in [0.3, 0.4) is 0 Å². The molecule has 2 aromatic rings. The van der Waals surface area contributed by atoms with Crippen molar-refractivity contribution < 1.29 is 23.8 Å². The summed E-state index contributed by atoms with van der Waals surface area (Å²) < 4.78 is 15.7. The van der Waals surface area contributed by atoms with Crippen molar-refractivity contribution in [3.8, 4) is 11.5 Å². The average Bonchev–Trinajstić information content (AvgIpc) is 3.32. The van der Waals surface area contributed by atoms with Gasteiger partial charge in [0.25, 0.3) is 5.91 Å². The Kier molecular flexibility index (Phi) is 7.18. The largest absolute Gasteiger partial charge is 0.493 e. The summed E-state index contributed by atoms with van der Waals surface area (Å²) in [5.74, 6) is 0.274. The number of methoxy groups -OCH3 is 3. The number of hydrogen-bond donors (Lipinski definition) is 1. The summed E-state index contributed by atoms with van der Waals surface area (Å²) in [6.45, 7) is 5.58. The van der Waals surface area contributed by atoms with Crippen molar-refractivity contribution >= 4 is 23.3 Å². The van der Waals surface area contributed by atoms with Crippen molar-refractivity contribution in [3.63, 3.8) is 0 Å². The molecule has 1 aliphatic rings. The molecule has 0 unspecified atom stereocenters. The van der Waals surface area contributed by atoms with E-state index >= 15 is 0 Å². The molecule has 1 saturated heterocycles. The number of amides is 1. The molecule has 0 aliphatic carbocycles. The number of nitrogens with one attached hydrogen (secondary N) is 1. The summed E-state index contributed by atoms with van der Waals surface area (Å²) in [4.78, 5) is 27.4. The normalized spacial score (nSPS) is 12.9. The number of anilines is 2. The van der Waals surface area contributed by atoms with Crippen LogP contribution in [-0.4, -0.2) is 46.3 Å². The number of ether oxygens (including phenoxy) is 3. The standard InChI is InChI=1S/C24H28N2O5/c1-5-8-16-13-18(15-21(29-2)22(16)30-3)23(27)25-19-14-17(24(28)31-4)9-10-20(19)26-11-6-7-12-26/h5,9-10,13-15H,1,6-8,11-12H2,2-4H3,(H,25,27). The second-order valence-corrected chi connectivity index (χ2v) is 7.24. The lowest BCUT2D eigenvalue weighted by Crippen LogP contribution is -2.22. The Labute approximate surface area is 182 Å². The third kappa shape index (κ3) is 4.82. The molecule has 0 saturated carbocycles. The van der Waals surface area contributed by atoms with Crippen LogP contribution in [0.25, 0.3) is 0 Å². The van der Waals surface area contributed by atoms with Gasteiger partial charge in [0, 0.05) is 24.2 Å². The summed E-state index contributed by atoms with van der Waals surface area (Å²) in [6.07, 6.45) is 4.45. The molecular weight excluding hydrogens is 396 g/mol. The quantitative estimate of drug-likeness (QED) is 0.508. The summed E-state index contributed by atoms with van der Waals surface area (Å²) in [5.41, 5.74) is 3.04. The van der Waals surface area contributed by atoms with Crippen LogP contribution in [0.5, 0.6) is 11.5 Å². The number of esters is 1. The highest BCUT2D eigenvalue weighted by Gasteiger charge is 2.21. The molecule has 0 aromatic heterocycles. The number of allylic oxidation sites excluding steroid dienone is 1. The topological polar surface area (TPSA) is 77.1 Å². The highest BCUT2D eigenvalue weighted by Crippen LogP contribution is 2.35. The molecule has 0 spiro atoms. The molecule has 1 amide bonds. The van der Waals surface area contributed by atoms with Crippen LogP contribution in [-0.2, 0) is 11.2 Å². The zero-order valence-corrected chi connectivity index (χ0v) is 18.2. The first kappa shape index (κ1) is 22.2. The zero-order chi connectivity index (χ0) is 22.4. The van der Waals surface area contributed by atoms with Crippen LogP contribution in [0.4, 0.5) is 11.4 Å². The lowest BCUT2D eigenvalue weighted by atomic mass is 10.0. The Hall–Kier alpha value is -3.48. The van der Waals surface area contributed by atoms with E-state index in [1.807, 2.05) is 6.07 Å². The molecular formula is C24H28N2O5. The van der Waals surface area contributed by atoms with Gasteiger partial charge in [-0.2, -0.15) is 0 Å². The van der Waals surface area contributed by atoms with Crippen LogP contribution in [0.15, 0.2) is 43.0 Å². The Morgan fingerprint density at radius 2 is 1.81 bits per heavy atom. The van der Waals surface area contributed by atoms with Crippen molar-refractivity contribution in [1.29, 1.82) is 0 Å². The number of rotatable bonds is 8. The van der Waals surface area contributed by atoms with Gasteiger partial charge < -0.3 is 24.4 Å². The van der Waals surface area contributed by atoms with Gasteiger partial charge in [0.05, 0.1) is 38.3 Å². The minimum atomic E-state index is -0.456. The highest BCUT2D eigenvalue weighted by molar-refractivity contribution is 6.07. The van der Waals surface area contributed by atoms with Crippen LogP contribution < -0.4 is 19.7 Å². The second-order valence-electron chi connectivity index (χ2n) is 7.24. The maximum absolute atomic E-state index is 13.2. The van der Waals surface area contributed by atoms with Gasteiger partial charge in [-0.15, -0.1) is 6.58 Å². The monoisotopic (exact) mass is 424 g/mol. The number of benzene rings is 2. The van der Waals surface area contributed by atoms with Crippen molar-refractivity contribution in [2.24, 2.45) is 0 Å². The first-order valence-corrected chi connectivity index (χ1v) is 10.2. The SMILES string of the molecule is C=CCc1cc(C(=O)Nc2cc(C(=O)OC)ccc2N2CCCC2)cc(OC)c1OC. The Morgan fingerprint density at radius 3 is 2.42 bits per heavy atom. The van der Waals surface area contributed by atoms with Crippen molar-refractivity contribution in [3.05, 3.63) is 59.7 Å². The van der Waals surface area contributed by atoms with Gasteiger partial charge in [-0.3, -0.25) is 4.79 Å². The Morgan fingerprint density at radius 1 is 1.06 bits per heavy atom. The predicted octanol–water partition coefficient (Wildman–Crippen LogP) is 4.07. The van der Waals surface area contributed by atoms with Gasteiger partial charge in [0.2, 0.25) is 0 Å². The average molecular weight is 424 g/mol. The maximum Gasteiger partial charge on any atom is 0.337 e. The van der Waals surface area contributed by atoms with Crippen LogP contribution in [0, 0.1) is 0 Å². The van der Waals surface area contributed by atoms with Gasteiger partial charge in [0.15, 0.2) is 11.5 Å². The van der Waals surface area contributed by atoms with E-state index in [1.165, 1.54) is 14.2 Å². The minimum Gasteiger partial charge on any atom is -0.493 e.